The van der Waals surface area contributed by atoms with Gasteiger partial charge in [-0.3, -0.25) is 9.78 Å². The van der Waals surface area contributed by atoms with Crippen molar-refractivity contribution in [2.24, 2.45) is 0 Å². The third-order valence-corrected chi connectivity index (χ3v) is 3.82. The van der Waals surface area contributed by atoms with E-state index in [9.17, 15) is 4.79 Å². The minimum absolute atomic E-state index is 0.0981. The van der Waals surface area contributed by atoms with E-state index in [2.05, 4.69) is 4.98 Å². The molecule has 5 nitrogen and oxygen atoms in total. The number of hydrogen-bond acceptors (Lipinski definition) is 4. The molecule has 5 heteroatoms. The van der Waals surface area contributed by atoms with Crippen molar-refractivity contribution >= 4 is 5.91 Å². The lowest BCUT2D eigenvalue weighted by molar-refractivity contribution is 0.0726. The highest BCUT2D eigenvalue weighted by Crippen LogP contribution is 2.24. The van der Waals surface area contributed by atoms with E-state index in [0.29, 0.717) is 17.1 Å². The summed E-state index contributed by atoms with van der Waals surface area (Å²) in [5, 5.41) is 0. The predicted octanol–water partition coefficient (Wildman–Crippen LogP) is 4.30. The maximum atomic E-state index is 12.7. The van der Waals surface area contributed by atoms with E-state index in [1.165, 1.54) is 0 Å². The first kappa shape index (κ1) is 15.8. The number of furan rings is 1. The summed E-state index contributed by atoms with van der Waals surface area (Å²) in [4.78, 5) is 18.3. The van der Waals surface area contributed by atoms with E-state index in [1.807, 2.05) is 25.1 Å². The Kier molecular flexibility index (Phi) is 4.61. The maximum absolute atomic E-state index is 12.7. The van der Waals surface area contributed by atoms with Gasteiger partial charge < -0.3 is 14.1 Å². The zero-order valence-electron chi connectivity index (χ0n) is 13.5. The fourth-order valence-electron chi connectivity index (χ4n) is 2.33. The molecule has 0 aliphatic carbocycles. The van der Waals surface area contributed by atoms with Crippen molar-refractivity contribution in [3.05, 3.63) is 78.5 Å². The molecule has 3 aromatic rings. The topological polar surface area (TPSA) is 55.6 Å². The second-order valence-electron chi connectivity index (χ2n) is 5.42. The van der Waals surface area contributed by atoms with Crippen LogP contribution in [0.15, 0.2) is 71.6 Å². The molecule has 0 saturated heterocycles. The van der Waals surface area contributed by atoms with Gasteiger partial charge in [-0.2, -0.15) is 0 Å². The van der Waals surface area contributed by atoms with Crippen LogP contribution in [-0.2, 0) is 0 Å². The summed E-state index contributed by atoms with van der Waals surface area (Å²) in [6.07, 6.45) is 4.92. The number of hydrogen-bond donors (Lipinski definition) is 0. The molecule has 0 bridgehead atoms. The van der Waals surface area contributed by atoms with Gasteiger partial charge in [0.1, 0.15) is 17.3 Å². The van der Waals surface area contributed by atoms with Gasteiger partial charge in [-0.25, -0.2) is 0 Å². The minimum atomic E-state index is -0.155. The van der Waals surface area contributed by atoms with E-state index >= 15 is 0 Å². The molecule has 0 saturated carbocycles. The van der Waals surface area contributed by atoms with E-state index < -0.39 is 0 Å². The quantitative estimate of drug-likeness (QED) is 0.703. The number of benzene rings is 1. The van der Waals surface area contributed by atoms with Crippen LogP contribution in [0.1, 0.15) is 29.1 Å². The van der Waals surface area contributed by atoms with Crippen LogP contribution >= 0.6 is 0 Å². The van der Waals surface area contributed by atoms with Crippen molar-refractivity contribution in [1.29, 1.82) is 0 Å². The monoisotopic (exact) mass is 322 g/mol. The molecule has 0 aliphatic rings. The third kappa shape index (κ3) is 3.46. The number of pyridine rings is 1. The highest BCUT2D eigenvalue weighted by Gasteiger charge is 2.21. The molecule has 0 spiro atoms. The minimum Gasteiger partial charge on any atom is -0.467 e. The Morgan fingerprint density at radius 2 is 1.92 bits per heavy atom. The second kappa shape index (κ2) is 7.00. The molecule has 2 aromatic heterocycles. The van der Waals surface area contributed by atoms with E-state index in [-0.39, 0.29) is 11.9 Å². The van der Waals surface area contributed by atoms with Gasteiger partial charge in [-0.15, -0.1) is 0 Å². The largest absolute Gasteiger partial charge is 0.467 e. The third-order valence-electron chi connectivity index (χ3n) is 3.82. The molecule has 24 heavy (non-hydrogen) atoms. The smallest absolute Gasteiger partial charge is 0.254 e. The highest BCUT2D eigenvalue weighted by atomic mass is 16.5. The molecule has 122 valence electrons. The van der Waals surface area contributed by atoms with E-state index in [1.54, 1.807) is 60.9 Å². The summed E-state index contributed by atoms with van der Waals surface area (Å²) in [5.41, 5.74) is 0.558. The zero-order chi connectivity index (χ0) is 16.9. The first-order valence-corrected chi connectivity index (χ1v) is 7.63. The molecule has 3 rings (SSSR count). The van der Waals surface area contributed by atoms with Gasteiger partial charge in [0.2, 0.25) is 0 Å². The summed E-state index contributed by atoms with van der Waals surface area (Å²) in [5.74, 6) is 1.92. The zero-order valence-corrected chi connectivity index (χ0v) is 13.5. The van der Waals surface area contributed by atoms with Crippen molar-refractivity contribution in [3.8, 4) is 11.5 Å². The second-order valence-corrected chi connectivity index (χ2v) is 5.42. The first-order chi connectivity index (χ1) is 11.6. The number of amides is 1. The molecule has 1 amide bonds. The number of aromatic nitrogens is 1. The fourth-order valence-corrected chi connectivity index (χ4v) is 2.33. The molecular formula is C19H18N2O3. The molecular weight excluding hydrogens is 304 g/mol. The van der Waals surface area contributed by atoms with Gasteiger partial charge in [0, 0.05) is 25.0 Å². The summed E-state index contributed by atoms with van der Waals surface area (Å²) < 4.78 is 11.1. The molecule has 2 heterocycles. The first-order valence-electron chi connectivity index (χ1n) is 7.63. The summed E-state index contributed by atoms with van der Waals surface area (Å²) >= 11 is 0. The van der Waals surface area contributed by atoms with Crippen LogP contribution in [0, 0.1) is 0 Å². The molecule has 0 aliphatic heterocycles. The number of rotatable bonds is 5. The Morgan fingerprint density at radius 1 is 1.12 bits per heavy atom. The van der Waals surface area contributed by atoms with Crippen molar-refractivity contribution in [2.45, 2.75) is 13.0 Å². The van der Waals surface area contributed by atoms with E-state index in [0.717, 1.165) is 5.76 Å². The van der Waals surface area contributed by atoms with Gasteiger partial charge in [-0.1, -0.05) is 6.07 Å². The number of carbonyl (C=O) groups excluding carboxylic acids is 1. The maximum Gasteiger partial charge on any atom is 0.254 e. The molecule has 1 aromatic carbocycles. The van der Waals surface area contributed by atoms with Crippen LogP contribution in [0.3, 0.4) is 0 Å². The van der Waals surface area contributed by atoms with Crippen LogP contribution in [-0.4, -0.2) is 22.8 Å². The lowest BCUT2D eigenvalue weighted by Gasteiger charge is -2.23. The van der Waals surface area contributed by atoms with Crippen LogP contribution in [0.5, 0.6) is 11.5 Å². The van der Waals surface area contributed by atoms with Gasteiger partial charge in [0.25, 0.3) is 5.91 Å². The predicted molar refractivity (Wildman–Crippen MR) is 90.0 cm³/mol. The Balaban J connectivity index is 1.76. The Bertz CT molecular complexity index is 800. The average molecular weight is 322 g/mol. The number of nitrogens with zero attached hydrogens (tertiary/aromatic N) is 2. The number of carbonyl (C=O) groups is 1. The van der Waals surface area contributed by atoms with Gasteiger partial charge >= 0.3 is 0 Å². The molecule has 0 radical (unpaired) electrons. The van der Waals surface area contributed by atoms with Gasteiger partial charge in [0.15, 0.2) is 0 Å². The summed E-state index contributed by atoms with van der Waals surface area (Å²) in [6, 6.07) is 14.2. The molecule has 0 N–H and O–H groups in total. The van der Waals surface area contributed by atoms with Crippen LogP contribution < -0.4 is 4.74 Å². The van der Waals surface area contributed by atoms with Crippen molar-refractivity contribution < 1.29 is 13.9 Å². The number of ether oxygens (including phenoxy) is 1. The normalized spacial score (nSPS) is 11.8. The Labute approximate surface area is 140 Å². The fraction of sp³-hybridized carbons (Fsp3) is 0.158. The van der Waals surface area contributed by atoms with Crippen molar-refractivity contribution in [2.75, 3.05) is 7.05 Å². The molecule has 0 fully saturated rings. The molecule has 1 unspecified atom stereocenters. The van der Waals surface area contributed by atoms with Gasteiger partial charge in [-0.05, 0) is 49.4 Å². The lowest BCUT2D eigenvalue weighted by Crippen LogP contribution is -2.29. The highest BCUT2D eigenvalue weighted by molar-refractivity contribution is 5.94. The van der Waals surface area contributed by atoms with Gasteiger partial charge in [0.05, 0.1) is 12.3 Å². The van der Waals surface area contributed by atoms with Crippen LogP contribution in [0.25, 0.3) is 0 Å². The standard InChI is InChI=1S/C19H18N2O3/c1-14(18-7-4-12-23-18)21(2)19(22)15-5-3-6-17(13-15)24-16-8-10-20-11-9-16/h3-14H,1-2H3. The molecule has 1 atom stereocenters. The van der Waals surface area contributed by atoms with Crippen molar-refractivity contribution in [3.63, 3.8) is 0 Å². The average Bonchev–Trinajstić information content (AvgIpc) is 3.15. The van der Waals surface area contributed by atoms with Crippen LogP contribution in [0.4, 0.5) is 0 Å². The Hall–Kier alpha value is -3.08. The Morgan fingerprint density at radius 3 is 2.62 bits per heavy atom. The SMILES string of the molecule is CC(c1ccco1)N(C)C(=O)c1cccc(Oc2ccncc2)c1. The summed E-state index contributed by atoms with van der Waals surface area (Å²) in [7, 11) is 1.76. The van der Waals surface area contributed by atoms with E-state index in [4.69, 9.17) is 9.15 Å². The van der Waals surface area contributed by atoms with Crippen LogP contribution in [0.2, 0.25) is 0 Å². The van der Waals surface area contributed by atoms with Crippen molar-refractivity contribution in [1.82, 2.24) is 9.88 Å². The summed E-state index contributed by atoms with van der Waals surface area (Å²) in [6.45, 7) is 1.92. The lowest BCUT2D eigenvalue weighted by atomic mass is 10.1.